The zero-order chi connectivity index (χ0) is 24.3. The number of aliphatic hydroxyl groups is 3. The van der Waals surface area contributed by atoms with E-state index in [1.54, 1.807) is 19.1 Å². The molecule has 4 rings (SSSR count). The smallest absolute Gasteiger partial charge is 0.225 e. The second-order valence-electron chi connectivity index (χ2n) is 8.60. The first-order chi connectivity index (χ1) is 16.3. The number of nitrogens with one attached hydrogen (secondary N) is 1. The van der Waals surface area contributed by atoms with Crippen molar-refractivity contribution in [2.75, 3.05) is 11.9 Å². The number of carbonyl (C=O) groups excluding carboxylic acids is 1. The van der Waals surface area contributed by atoms with Crippen molar-refractivity contribution in [3.8, 4) is 0 Å². The van der Waals surface area contributed by atoms with Gasteiger partial charge >= 0.3 is 0 Å². The minimum absolute atomic E-state index is 0.113. The van der Waals surface area contributed by atoms with E-state index in [4.69, 9.17) is 9.47 Å². The SMILES string of the molecule is CCCC(=O)Nc1ncnn2c([C@]3(C)O[C@H](COC(O)Cc4ccccc4)[C@@H](O)[C@H]3O)ccc12. The number of amides is 1. The number of aliphatic hydroxyl groups excluding tert-OH is 3. The predicted molar refractivity (Wildman–Crippen MR) is 123 cm³/mol. The number of rotatable bonds is 9. The third-order valence-corrected chi connectivity index (χ3v) is 6.07. The maximum atomic E-state index is 12.0. The third kappa shape index (κ3) is 4.82. The maximum Gasteiger partial charge on any atom is 0.225 e. The highest BCUT2D eigenvalue weighted by Crippen LogP contribution is 2.40. The molecule has 1 saturated heterocycles. The first kappa shape index (κ1) is 24.2. The van der Waals surface area contributed by atoms with Crippen LogP contribution in [0.4, 0.5) is 5.82 Å². The Morgan fingerprint density at radius 2 is 2.03 bits per heavy atom. The summed E-state index contributed by atoms with van der Waals surface area (Å²) in [5.74, 6) is 0.191. The van der Waals surface area contributed by atoms with E-state index < -0.39 is 30.2 Å². The first-order valence-electron chi connectivity index (χ1n) is 11.3. The molecule has 2 aromatic heterocycles. The normalized spacial score (nSPS) is 25.5. The summed E-state index contributed by atoms with van der Waals surface area (Å²) in [6.45, 7) is 3.45. The average molecular weight is 471 g/mol. The highest BCUT2D eigenvalue weighted by molar-refractivity contribution is 5.93. The Balaban J connectivity index is 1.49. The molecule has 0 saturated carbocycles. The predicted octanol–water partition coefficient (Wildman–Crippen LogP) is 1.38. The van der Waals surface area contributed by atoms with Crippen LogP contribution in [-0.2, 0) is 26.3 Å². The van der Waals surface area contributed by atoms with Crippen LogP contribution >= 0.6 is 0 Å². The van der Waals surface area contributed by atoms with Crippen molar-refractivity contribution in [1.82, 2.24) is 14.6 Å². The molecular weight excluding hydrogens is 440 g/mol. The molecule has 3 heterocycles. The molecule has 10 heteroatoms. The van der Waals surface area contributed by atoms with Crippen molar-refractivity contribution >= 4 is 17.2 Å². The second kappa shape index (κ2) is 10.2. The summed E-state index contributed by atoms with van der Waals surface area (Å²) in [7, 11) is 0. The van der Waals surface area contributed by atoms with Gasteiger partial charge in [-0.1, -0.05) is 37.3 Å². The summed E-state index contributed by atoms with van der Waals surface area (Å²) in [5, 5.41) is 38.8. The van der Waals surface area contributed by atoms with E-state index >= 15 is 0 Å². The number of aromatic nitrogens is 3. The van der Waals surface area contributed by atoms with E-state index in [9.17, 15) is 20.1 Å². The number of nitrogens with zero attached hydrogens (tertiary/aromatic N) is 3. The van der Waals surface area contributed by atoms with Gasteiger partial charge in [-0.15, -0.1) is 0 Å². The lowest BCUT2D eigenvalue weighted by molar-refractivity contribution is -0.150. The number of anilines is 1. The van der Waals surface area contributed by atoms with Crippen LogP contribution in [0.5, 0.6) is 0 Å². The lowest BCUT2D eigenvalue weighted by Gasteiger charge is -2.27. The number of carbonyl (C=O) groups is 1. The Hall–Kier alpha value is -2.89. The Bertz CT molecular complexity index is 1120. The molecule has 34 heavy (non-hydrogen) atoms. The molecule has 3 aromatic rings. The first-order valence-corrected chi connectivity index (χ1v) is 11.3. The van der Waals surface area contributed by atoms with Crippen LogP contribution in [0.3, 0.4) is 0 Å². The highest BCUT2D eigenvalue weighted by Gasteiger charge is 2.53. The zero-order valence-electron chi connectivity index (χ0n) is 19.2. The molecule has 0 spiro atoms. The van der Waals surface area contributed by atoms with Crippen LogP contribution in [0.1, 0.15) is 37.9 Å². The van der Waals surface area contributed by atoms with Gasteiger partial charge in [0.15, 0.2) is 12.1 Å². The van der Waals surface area contributed by atoms with Gasteiger partial charge in [-0.3, -0.25) is 4.79 Å². The van der Waals surface area contributed by atoms with Gasteiger partial charge in [0, 0.05) is 12.8 Å². The Labute approximate surface area is 197 Å². The van der Waals surface area contributed by atoms with Gasteiger partial charge < -0.3 is 30.1 Å². The van der Waals surface area contributed by atoms with Gasteiger partial charge in [0.25, 0.3) is 0 Å². The molecule has 1 fully saturated rings. The number of ether oxygens (including phenoxy) is 2. The van der Waals surface area contributed by atoms with E-state index in [2.05, 4.69) is 15.4 Å². The van der Waals surface area contributed by atoms with Gasteiger partial charge in [0.05, 0.1) is 12.3 Å². The molecule has 1 unspecified atom stereocenters. The largest absolute Gasteiger partial charge is 0.387 e. The fourth-order valence-corrected chi connectivity index (χ4v) is 4.24. The second-order valence-corrected chi connectivity index (χ2v) is 8.60. The molecule has 4 N–H and O–H groups in total. The van der Waals surface area contributed by atoms with Crippen LogP contribution < -0.4 is 5.32 Å². The monoisotopic (exact) mass is 470 g/mol. The zero-order valence-corrected chi connectivity index (χ0v) is 19.2. The van der Waals surface area contributed by atoms with Gasteiger partial charge in [-0.05, 0) is 31.0 Å². The van der Waals surface area contributed by atoms with Crippen molar-refractivity contribution in [1.29, 1.82) is 0 Å². The maximum absolute atomic E-state index is 12.0. The number of hydrogen-bond acceptors (Lipinski definition) is 8. The van der Waals surface area contributed by atoms with E-state index in [1.165, 1.54) is 10.8 Å². The molecule has 1 aliphatic rings. The molecule has 1 aliphatic heterocycles. The minimum atomic E-state index is -1.32. The fraction of sp³-hybridized carbons (Fsp3) is 0.458. The summed E-state index contributed by atoms with van der Waals surface area (Å²) in [6.07, 6.45) is -1.81. The van der Waals surface area contributed by atoms with Crippen molar-refractivity contribution in [2.24, 2.45) is 0 Å². The lowest BCUT2D eigenvalue weighted by Crippen LogP contribution is -2.39. The van der Waals surface area contributed by atoms with E-state index in [0.717, 1.165) is 5.56 Å². The minimum Gasteiger partial charge on any atom is -0.387 e. The average Bonchev–Trinajstić information content (AvgIpc) is 3.35. The molecule has 182 valence electrons. The van der Waals surface area contributed by atoms with Gasteiger partial charge in [-0.25, -0.2) is 9.50 Å². The standard InChI is InChI=1S/C24H30N4O6/c1-3-7-19(29)27-23-16-10-11-18(28(16)26-14-25-23)24(2)22(32)21(31)17(34-24)13-33-20(30)12-15-8-5-4-6-9-15/h4-6,8-11,14,17,20-22,30-32H,3,7,12-13H2,1-2H3,(H,25,26,27,29)/t17-,20?,21-,22-,24+/m1/s1. The van der Waals surface area contributed by atoms with Crippen molar-refractivity contribution in [3.63, 3.8) is 0 Å². The number of hydrogen-bond donors (Lipinski definition) is 4. The lowest BCUT2D eigenvalue weighted by atomic mass is 9.93. The van der Waals surface area contributed by atoms with Crippen LogP contribution in [0.15, 0.2) is 48.8 Å². The van der Waals surface area contributed by atoms with Gasteiger partial charge in [0.1, 0.15) is 35.8 Å². The molecule has 0 aliphatic carbocycles. The van der Waals surface area contributed by atoms with Gasteiger partial charge in [-0.2, -0.15) is 5.10 Å². The van der Waals surface area contributed by atoms with E-state index in [-0.39, 0.29) is 18.9 Å². The topological polar surface area (TPSA) is 138 Å². The van der Waals surface area contributed by atoms with Crippen LogP contribution in [0.2, 0.25) is 0 Å². The molecule has 10 nitrogen and oxygen atoms in total. The van der Waals surface area contributed by atoms with E-state index in [0.29, 0.717) is 29.9 Å². The van der Waals surface area contributed by atoms with Crippen molar-refractivity contribution in [3.05, 3.63) is 60.0 Å². The van der Waals surface area contributed by atoms with Crippen molar-refractivity contribution < 1.29 is 29.6 Å². The summed E-state index contributed by atoms with van der Waals surface area (Å²) >= 11 is 0. The third-order valence-electron chi connectivity index (χ3n) is 6.07. The molecule has 1 amide bonds. The van der Waals surface area contributed by atoms with Crippen LogP contribution in [0, 0.1) is 0 Å². The number of fused-ring (bicyclic) bond motifs is 1. The number of benzene rings is 1. The molecular formula is C24H30N4O6. The Morgan fingerprint density at radius 1 is 1.26 bits per heavy atom. The Kier molecular flexibility index (Phi) is 7.24. The van der Waals surface area contributed by atoms with Gasteiger partial charge in [0.2, 0.25) is 5.91 Å². The van der Waals surface area contributed by atoms with E-state index in [1.807, 2.05) is 37.3 Å². The molecule has 1 aromatic carbocycles. The fourth-order valence-electron chi connectivity index (χ4n) is 4.24. The molecule has 5 atom stereocenters. The van der Waals surface area contributed by atoms with Crippen LogP contribution in [-0.4, -0.2) is 67.0 Å². The summed E-state index contributed by atoms with van der Waals surface area (Å²) in [6, 6.07) is 12.8. The summed E-state index contributed by atoms with van der Waals surface area (Å²) < 4.78 is 13.1. The summed E-state index contributed by atoms with van der Waals surface area (Å²) in [5.41, 5.74) is 0.610. The molecule has 0 bridgehead atoms. The summed E-state index contributed by atoms with van der Waals surface area (Å²) in [4.78, 5) is 16.2. The van der Waals surface area contributed by atoms with Crippen LogP contribution in [0.25, 0.3) is 5.52 Å². The van der Waals surface area contributed by atoms with Crippen molar-refractivity contribution in [2.45, 2.75) is 63.3 Å². The quantitative estimate of drug-likeness (QED) is 0.344. The molecule has 0 radical (unpaired) electrons. The Morgan fingerprint density at radius 3 is 2.76 bits per heavy atom. The highest BCUT2D eigenvalue weighted by atomic mass is 16.6.